The fraction of sp³-hybridized carbons (Fsp3) is 0.278. The molecule has 0 saturated carbocycles. The molecule has 0 fully saturated rings. The molecule has 0 spiro atoms. The number of carbonyl (C=O) groups is 2. The molecule has 0 radical (unpaired) electrons. The Morgan fingerprint density at radius 3 is 2.64 bits per heavy atom. The summed E-state index contributed by atoms with van der Waals surface area (Å²) in [4.78, 5) is 26.2. The first kappa shape index (κ1) is 18.4. The van der Waals surface area contributed by atoms with E-state index in [-0.39, 0.29) is 18.1 Å². The number of nitrogens with one attached hydrogen (secondary N) is 1. The van der Waals surface area contributed by atoms with Gasteiger partial charge in [0, 0.05) is 37.7 Å². The topological polar surface area (TPSA) is 88.5 Å². The van der Waals surface area contributed by atoms with Crippen LogP contribution in [-0.4, -0.2) is 22.0 Å². The van der Waals surface area contributed by atoms with Crippen LogP contribution in [0.25, 0.3) is 0 Å². The van der Waals surface area contributed by atoms with E-state index >= 15 is 0 Å². The Morgan fingerprint density at radius 2 is 1.96 bits per heavy atom. The van der Waals surface area contributed by atoms with Crippen LogP contribution in [-0.2, 0) is 16.1 Å². The molecule has 2 aromatic rings. The van der Waals surface area contributed by atoms with E-state index in [1.54, 1.807) is 30.5 Å². The van der Waals surface area contributed by atoms with Crippen molar-refractivity contribution in [3.8, 4) is 11.6 Å². The van der Waals surface area contributed by atoms with Gasteiger partial charge in [0.05, 0.1) is 0 Å². The number of benzene rings is 1. The predicted octanol–water partition coefficient (Wildman–Crippen LogP) is 3.27. The molecular formula is C18H19FN2O4. The van der Waals surface area contributed by atoms with E-state index in [4.69, 9.17) is 9.84 Å². The number of amides is 1. The van der Waals surface area contributed by atoms with Crippen LogP contribution in [0.1, 0.15) is 31.2 Å². The Morgan fingerprint density at radius 1 is 1.16 bits per heavy atom. The molecule has 1 amide bonds. The SMILES string of the molecule is O=C(O)CCCCC(=O)NCc1ccc(Oc2cccc(F)c2)nc1. The number of pyridine rings is 1. The number of carboxylic acid groups (broad SMARTS) is 1. The number of hydrogen-bond acceptors (Lipinski definition) is 4. The van der Waals surface area contributed by atoms with E-state index in [1.165, 1.54) is 12.1 Å². The summed E-state index contributed by atoms with van der Waals surface area (Å²) >= 11 is 0. The lowest BCUT2D eigenvalue weighted by molar-refractivity contribution is -0.137. The van der Waals surface area contributed by atoms with Crippen molar-refractivity contribution in [2.24, 2.45) is 0 Å². The molecule has 1 heterocycles. The summed E-state index contributed by atoms with van der Waals surface area (Å²) in [5, 5.41) is 11.3. The van der Waals surface area contributed by atoms with Crippen molar-refractivity contribution in [1.82, 2.24) is 10.3 Å². The van der Waals surface area contributed by atoms with Gasteiger partial charge in [0.15, 0.2) is 0 Å². The number of carboxylic acids is 1. The second-order valence-electron chi connectivity index (χ2n) is 5.44. The van der Waals surface area contributed by atoms with Crippen LogP contribution in [0.5, 0.6) is 11.6 Å². The average molecular weight is 346 g/mol. The number of carbonyl (C=O) groups excluding carboxylic acids is 1. The molecule has 0 aliphatic heterocycles. The van der Waals surface area contributed by atoms with Crippen molar-refractivity contribution in [3.63, 3.8) is 0 Å². The number of unbranched alkanes of at least 4 members (excludes halogenated alkanes) is 1. The van der Waals surface area contributed by atoms with Gasteiger partial charge in [0.2, 0.25) is 11.8 Å². The third kappa shape index (κ3) is 6.99. The summed E-state index contributed by atoms with van der Waals surface area (Å²) in [7, 11) is 0. The minimum absolute atomic E-state index is 0.0734. The normalized spacial score (nSPS) is 10.3. The number of aromatic nitrogens is 1. The molecular weight excluding hydrogens is 327 g/mol. The standard InChI is InChI=1S/C18H19FN2O4/c19-14-4-3-5-15(10-14)25-17-9-8-13(12-21-17)11-20-16(22)6-1-2-7-18(23)24/h3-5,8-10,12H,1-2,6-7,11H2,(H,20,22)(H,23,24). The number of nitrogens with zero attached hydrogens (tertiary/aromatic N) is 1. The summed E-state index contributed by atoms with van der Waals surface area (Å²) < 4.78 is 18.5. The van der Waals surface area contributed by atoms with Crippen LogP contribution in [0.3, 0.4) is 0 Å². The Hall–Kier alpha value is -2.96. The van der Waals surface area contributed by atoms with Crippen molar-refractivity contribution < 1.29 is 23.8 Å². The molecule has 6 nitrogen and oxygen atoms in total. The third-order valence-electron chi connectivity index (χ3n) is 3.35. The van der Waals surface area contributed by atoms with Crippen LogP contribution in [0.4, 0.5) is 4.39 Å². The van der Waals surface area contributed by atoms with E-state index < -0.39 is 5.97 Å². The van der Waals surface area contributed by atoms with Crippen LogP contribution >= 0.6 is 0 Å². The lowest BCUT2D eigenvalue weighted by Crippen LogP contribution is -2.22. The molecule has 0 aliphatic carbocycles. The van der Waals surface area contributed by atoms with E-state index in [0.29, 0.717) is 37.4 Å². The Balaban J connectivity index is 1.74. The van der Waals surface area contributed by atoms with Gasteiger partial charge in [-0.3, -0.25) is 9.59 Å². The van der Waals surface area contributed by atoms with Gasteiger partial charge in [-0.15, -0.1) is 0 Å². The van der Waals surface area contributed by atoms with Gasteiger partial charge in [-0.25, -0.2) is 9.37 Å². The summed E-state index contributed by atoms with van der Waals surface area (Å²) in [6, 6.07) is 9.16. The number of aliphatic carboxylic acids is 1. The highest BCUT2D eigenvalue weighted by atomic mass is 19.1. The Kier molecular flexibility index (Phi) is 6.88. The average Bonchev–Trinajstić information content (AvgIpc) is 2.58. The van der Waals surface area contributed by atoms with Gasteiger partial charge in [-0.2, -0.15) is 0 Å². The number of halogens is 1. The van der Waals surface area contributed by atoms with Gasteiger partial charge in [0.25, 0.3) is 0 Å². The fourth-order valence-electron chi connectivity index (χ4n) is 2.08. The van der Waals surface area contributed by atoms with Crippen LogP contribution in [0.2, 0.25) is 0 Å². The van der Waals surface area contributed by atoms with Crippen LogP contribution in [0, 0.1) is 5.82 Å². The van der Waals surface area contributed by atoms with Gasteiger partial charge in [0.1, 0.15) is 11.6 Å². The van der Waals surface area contributed by atoms with Crippen LogP contribution < -0.4 is 10.1 Å². The first-order chi connectivity index (χ1) is 12.0. The lowest BCUT2D eigenvalue weighted by Gasteiger charge is -2.07. The summed E-state index contributed by atoms with van der Waals surface area (Å²) in [6.07, 6.45) is 2.96. The zero-order chi connectivity index (χ0) is 18.1. The van der Waals surface area contributed by atoms with Crippen molar-refractivity contribution >= 4 is 11.9 Å². The molecule has 132 valence electrons. The highest BCUT2D eigenvalue weighted by Crippen LogP contribution is 2.19. The largest absolute Gasteiger partial charge is 0.481 e. The highest BCUT2D eigenvalue weighted by molar-refractivity contribution is 5.75. The minimum Gasteiger partial charge on any atom is -0.481 e. The molecule has 0 unspecified atom stereocenters. The number of hydrogen-bond donors (Lipinski definition) is 2. The van der Waals surface area contributed by atoms with Gasteiger partial charge in [-0.1, -0.05) is 12.1 Å². The predicted molar refractivity (Wildman–Crippen MR) is 88.7 cm³/mol. The molecule has 2 N–H and O–H groups in total. The Labute approximate surface area is 144 Å². The maximum absolute atomic E-state index is 13.1. The summed E-state index contributed by atoms with van der Waals surface area (Å²) in [6.45, 7) is 0.324. The fourth-order valence-corrected chi connectivity index (χ4v) is 2.08. The maximum Gasteiger partial charge on any atom is 0.303 e. The number of ether oxygens (including phenoxy) is 1. The van der Waals surface area contributed by atoms with Gasteiger partial charge in [-0.05, 0) is 30.5 Å². The van der Waals surface area contributed by atoms with Gasteiger partial charge >= 0.3 is 5.97 Å². The van der Waals surface area contributed by atoms with E-state index in [1.807, 2.05) is 0 Å². The van der Waals surface area contributed by atoms with Crippen molar-refractivity contribution in [2.45, 2.75) is 32.2 Å². The molecule has 1 aromatic carbocycles. The number of rotatable bonds is 9. The monoisotopic (exact) mass is 346 g/mol. The third-order valence-corrected chi connectivity index (χ3v) is 3.35. The van der Waals surface area contributed by atoms with E-state index in [2.05, 4.69) is 10.3 Å². The smallest absolute Gasteiger partial charge is 0.303 e. The van der Waals surface area contributed by atoms with Crippen molar-refractivity contribution in [1.29, 1.82) is 0 Å². The zero-order valence-corrected chi connectivity index (χ0v) is 13.6. The van der Waals surface area contributed by atoms with E-state index in [0.717, 1.165) is 5.56 Å². The van der Waals surface area contributed by atoms with E-state index in [9.17, 15) is 14.0 Å². The highest BCUT2D eigenvalue weighted by Gasteiger charge is 2.04. The first-order valence-electron chi connectivity index (χ1n) is 7.90. The quantitative estimate of drug-likeness (QED) is 0.680. The summed E-state index contributed by atoms with van der Waals surface area (Å²) in [5.74, 6) is -0.693. The second kappa shape index (κ2) is 9.36. The molecule has 0 aliphatic rings. The summed E-state index contributed by atoms with van der Waals surface area (Å²) in [5.41, 5.74) is 0.797. The molecule has 2 rings (SSSR count). The zero-order valence-electron chi connectivity index (χ0n) is 13.6. The maximum atomic E-state index is 13.1. The van der Waals surface area contributed by atoms with Crippen molar-refractivity contribution in [2.75, 3.05) is 0 Å². The van der Waals surface area contributed by atoms with Crippen molar-refractivity contribution in [3.05, 3.63) is 54.0 Å². The lowest BCUT2D eigenvalue weighted by atomic mass is 10.2. The molecule has 7 heteroatoms. The van der Waals surface area contributed by atoms with Crippen LogP contribution in [0.15, 0.2) is 42.6 Å². The molecule has 25 heavy (non-hydrogen) atoms. The first-order valence-corrected chi connectivity index (χ1v) is 7.90. The second-order valence-corrected chi connectivity index (χ2v) is 5.44. The molecule has 0 saturated heterocycles. The molecule has 0 bridgehead atoms. The Bertz CT molecular complexity index is 719. The molecule has 1 aromatic heterocycles. The minimum atomic E-state index is -0.855. The van der Waals surface area contributed by atoms with Gasteiger partial charge < -0.3 is 15.2 Å². The molecule has 0 atom stereocenters.